The Morgan fingerprint density at radius 3 is 2.68 bits per heavy atom. The molecule has 0 amide bonds. The van der Waals surface area contributed by atoms with Gasteiger partial charge in [-0.25, -0.2) is 9.97 Å². The van der Waals surface area contributed by atoms with E-state index in [9.17, 15) is 0 Å². The third kappa shape index (κ3) is 3.56. The maximum Gasteiger partial charge on any atom is 0.151 e. The van der Waals surface area contributed by atoms with Crippen LogP contribution in [0, 0.1) is 0 Å². The second-order valence-corrected chi connectivity index (χ2v) is 7.81. The topological polar surface area (TPSA) is 49.8 Å². The average Bonchev–Trinajstić information content (AvgIpc) is 3.28. The predicted molar refractivity (Wildman–Crippen MR) is 108 cm³/mol. The molecule has 6 heteroatoms. The summed E-state index contributed by atoms with van der Waals surface area (Å²) in [5, 5.41) is 6.77. The van der Waals surface area contributed by atoms with Crippen molar-refractivity contribution in [1.29, 1.82) is 0 Å². The van der Waals surface area contributed by atoms with Crippen LogP contribution in [0.15, 0.2) is 54.9 Å². The van der Waals surface area contributed by atoms with E-state index in [1.165, 1.54) is 14.6 Å². The smallest absolute Gasteiger partial charge is 0.151 e. The Balaban J connectivity index is 1.66. The van der Waals surface area contributed by atoms with E-state index in [4.69, 9.17) is 0 Å². The van der Waals surface area contributed by atoms with Crippen LogP contribution in [0.2, 0.25) is 0 Å². The zero-order chi connectivity index (χ0) is 17.1. The van der Waals surface area contributed by atoms with E-state index >= 15 is 0 Å². The molecule has 0 aliphatic heterocycles. The highest BCUT2D eigenvalue weighted by molar-refractivity contribution is 7.26. The van der Waals surface area contributed by atoms with Gasteiger partial charge in [0.25, 0.3) is 0 Å². The molecule has 2 N–H and O–H groups in total. The first-order chi connectivity index (χ1) is 12.3. The van der Waals surface area contributed by atoms with Crippen molar-refractivity contribution in [1.82, 2.24) is 15.3 Å². The fourth-order valence-electron chi connectivity index (χ4n) is 2.58. The minimum absolute atomic E-state index is 0.858. The molecule has 0 atom stereocenters. The quantitative estimate of drug-likeness (QED) is 0.488. The molecule has 4 rings (SSSR count). The molecular weight excluding hydrogens is 348 g/mol. The molecule has 0 spiro atoms. The van der Waals surface area contributed by atoms with Gasteiger partial charge in [-0.2, -0.15) is 0 Å². The molecule has 0 bridgehead atoms. The number of aromatic nitrogens is 2. The Labute approximate surface area is 154 Å². The summed E-state index contributed by atoms with van der Waals surface area (Å²) >= 11 is 3.57. The molecule has 4 nitrogen and oxygen atoms in total. The van der Waals surface area contributed by atoms with Gasteiger partial charge in [-0.15, -0.1) is 22.7 Å². The Bertz CT molecular complexity index is 975. The van der Waals surface area contributed by atoms with Crippen LogP contribution in [0.1, 0.15) is 11.8 Å². The number of fused-ring (bicyclic) bond motifs is 1. The molecule has 0 unspecified atom stereocenters. The number of para-hydroxylation sites is 1. The zero-order valence-corrected chi connectivity index (χ0v) is 15.5. The minimum atomic E-state index is 0.858. The monoisotopic (exact) mass is 366 g/mol. The minimum Gasteiger partial charge on any atom is -0.339 e. The average molecular weight is 367 g/mol. The normalized spacial score (nSPS) is 11.1. The highest BCUT2D eigenvalue weighted by Crippen LogP contribution is 2.39. The van der Waals surface area contributed by atoms with E-state index in [1.54, 1.807) is 17.7 Å². The first-order valence-corrected chi connectivity index (χ1v) is 9.83. The Kier molecular flexibility index (Phi) is 4.74. The summed E-state index contributed by atoms with van der Waals surface area (Å²) in [5.74, 6) is 0.858. The number of thiophene rings is 2. The molecule has 3 aromatic heterocycles. The van der Waals surface area contributed by atoms with Crippen LogP contribution in [0.3, 0.4) is 0 Å². The van der Waals surface area contributed by atoms with Crippen molar-refractivity contribution in [2.75, 3.05) is 11.9 Å². The van der Waals surface area contributed by atoms with Crippen molar-refractivity contribution < 1.29 is 0 Å². The molecule has 0 fully saturated rings. The molecule has 0 saturated heterocycles. The van der Waals surface area contributed by atoms with Crippen LogP contribution in [0.4, 0.5) is 11.5 Å². The lowest BCUT2D eigenvalue weighted by Crippen LogP contribution is -2.10. The molecule has 25 heavy (non-hydrogen) atoms. The number of nitrogens with zero attached hydrogens (tertiary/aromatic N) is 2. The van der Waals surface area contributed by atoms with E-state index in [1.807, 2.05) is 41.7 Å². The number of nitrogens with one attached hydrogen (secondary N) is 2. The summed E-state index contributed by atoms with van der Waals surface area (Å²) in [6.07, 6.45) is 1.62. The third-order valence-electron chi connectivity index (χ3n) is 3.80. The van der Waals surface area contributed by atoms with Crippen molar-refractivity contribution in [3.05, 3.63) is 59.7 Å². The van der Waals surface area contributed by atoms with Crippen LogP contribution < -0.4 is 10.6 Å². The Hall–Kier alpha value is -2.28. The lowest BCUT2D eigenvalue weighted by molar-refractivity contribution is 0.735. The van der Waals surface area contributed by atoms with Crippen molar-refractivity contribution in [3.63, 3.8) is 0 Å². The summed E-state index contributed by atoms with van der Waals surface area (Å²) < 4.78 is 1.09. The van der Waals surface area contributed by atoms with Crippen LogP contribution in [-0.2, 0) is 6.54 Å². The number of hydrogen-bond donors (Lipinski definition) is 2. The van der Waals surface area contributed by atoms with Crippen LogP contribution in [-0.4, -0.2) is 16.5 Å². The number of hydrogen-bond acceptors (Lipinski definition) is 6. The number of anilines is 2. The number of rotatable bonds is 6. The number of benzene rings is 1. The molecule has 126 valence electrons. The van der Waals surface area contributed by atoms with E-state index in [2.05, 4.69) is 45.7 Å². The van der Waals surface area contributed by atoms with Gasteiger partial charge in [0.15, 0.2) is 5.82 Å². The van der Waals surface area contributed by atoms with Crippen molar-refractivity contribution in [2.45, 2.75) is 13.5 Å². The van der Waals surface area contributed by atoms with Gasteiger partial charge >= 0.3 is 0 Å². The van der Waals surface area contributed by atoms with Gasteiger partial charge in [-0.05, 0) is 36.9 Å². The summed E-state index contributed by atoms with van der Waals surface area (Å²) in [5.41, 5.74) is 2.01. The highest BCUT2D eigenvalue weighted by Gasteiger charge is 2.12. The molecule has 0 aliphatic rings. The Morgan fingerprint density at radius 1 is 0.960 bits per heavy atom. The third-order valence-corrected chi connectivity index (χ3v) is 6.21. The zero-order valence-electron chi connectivity index (χ0n) is 13.8. The van der Waals surface area contributed by atoms with Crippen molar-refractivity contribution in [3.8, 4) is 9.75 Å². The largest absolute Gasteiger partial charge is 0.339 e. The maximum absolute atomic E-state index is 4.44. The van der Waals surface area contributed by atoms with Crippen LogP contribution in [0.25, 0.3) is 20.0 Å². The fraction of sp³-hybridized carbons (Fsp3) is 0.158. The van der Waals surface area contributed by atoms with E-state index in [0.29, 0.717) is 0 Å². The second kappa shape index (κ2) is 7.31. The van der Waals surface area contributed by atoms with E-state index in [-0.39, 0.29) is 0 Å². The summed E-state index contributed by atoms with van der Waals surface area (Å²) in [4.78, 5) is 12.7. The first-order valence-electron chi connectivity index (χ1n) is 8.20. The Morgan fingerprint density at radius 2 is 1.84 bits per heavy atom. The standard InChI is InChI=1S/C19H18N4S2/c1-2-20-11-14-8-9-16(24-14)17-10-15-18(25-17)19(22-12-21-15)23-13-6-4-3-5-7-13/h3-10,12,20H,2,11H2,1H3,(H,21,22,23). The highest BCUT2D eigenvalue weighted by atomic mass is 32.1. The second-order valence-electron chi connectivity index (χ2n) is 5.58. The van der Waals surface area contributed by atoms with Gasteiger partial charge in [-0.1, -0.05) is 25.1 Å². The molecule has 0 radical (unpaired) electrons. The molecular formula is C19H18N4S2. The maximum atomic E-state index is 4.44. The van der Waals surface area contributed by atoms with Crippen LogP contribution >= 0.6 is 22.7 Å². The first kappa shape index (κ1) is 16.2. The fourth-order valence-corrected chi connectivity index (χ4v) is 4.69. The van der Waals surface area contributed by atoms with Gasteiger partial charge in [-0.3, -0.25) is 0 Å². The van der Waals surface area contributed by atoms with Crippen molar-refractivity contribution >= 4 is 44.4 Å². The molecule has 3 heterocycles. The van der Waals surface area contributed by atoms with Gasteiger partial charge in [0.2, 0.25) is 0 Å². The molecule has 1 aromatic carbocycles. The summed E-state index contributed by atoms with van der Waals surface area (Å²) in [6, 6.07) is 16.6. The van der Waals surface area contributed by atoms with Gasteiger partial charge in [0.1, 0.15) is 6.33 Å². The van der Waals surface area contributed by atoms with Gasteiger partial charge < -0.3 is 10.6 Å². The van der Waals surface area contributed by atoms with E-state index < -0.39 is 0 Å². The van der Waals surface area contributed by atoms with Gasteiger partial charge in [0.05, 0.1) is 10.2 Å². The molecule has 0 saturated carbocycles. The lowest BCUT2D eigenvalue weighted by Gasteiger charge is -2.05. The summed E-state index contributed by atoms with van der Waals surface area (Å²) in [7, 11) is 0. The summed E-state index contributed by atoms with van der Waals surface area (Å²) in [6.45, 7) is 4.04. The van der Waals surface area contributed by atoms with Gasteiger partial charge in [0, 0.05) is 26.9 Å². The van der Waals surface area contributed by atoms with Crippen molar-refractivity contribution in [2.24, 2.45) is 0 Å². The molecule has 4 aromatic rings. The predicted octanol–water partition coefficient (Wildman–Crippen LogP) is 5.27. The molecule has 0 aliphatic carbocycles. The SMILES string of the molecule is CCNCc1ccc(-c2cc3ncnc(Nc4ccccc4)c3s2)s1. The lowest BCUT2D eigenvalue weighted by atomic mass is 10.3. The van der Waals surface area contributed by atoms with E-state index in [0.717, 1.165) is 34.8 Å². The van der Waals surface area contributed by atoms with Crippen LogP contribution in [0.5, 0.6) is 0 Å².